The summed E-state index contributed by atoms with van der Waals surface area (Å²) in [6.45, 7) is 4.99. The van der Waals surface area contributed by atoms with Crippen LogP contribution in [0.2, 0.25) is 0 Å². The van der Waals surface area contributed by atoms with E-state index in [0.29, 0.717) is 24.4 Å². The van der Waals surface area contributed by atoms with Crippen LogP contribution in [0.15, 0.2) is 18.2 Å². The average Bonchev–Trinajstić information content (AvgIpc) is 2.17. The van der Waals surface area contributed by atoms with Crippen molar-refractivity contribution in [3.05, 3.63) is 29.3 Å². The van der Waals surface area contributed by atoms with Crippen LogP contribution in [0.5, 0.6) is 5.75 Å². The van der Waals surface area contributed by atoms with E-state index in [1.165, 1.54) is 6.07 Å². The van der Waals surface area contributed by atoms with Crippen molar-refractivity contribution in [2.24, 2.45) is 0 Å². The van der Waals surface area contributed by atoms with E-state index in [4.69, 9.17) is 4.74 Å². The Balaban J connectivity index is 2.20. The lowest BCUT2D eigenvalue weighted by Crippen LogP contribution is -2.61. The van der Waals surface area contributed by atoms with Gasteiger partial charge < -0.3 is 10.1 Å². The minimum Gasteiger partial charge on any atom is -0.485 e. The molecule has 0 atom stereocenters. The van der Waals surface area contributed by atoms with Crippen molar-refractivity contribution in [3.63, 3.8) is 0 Å². The molecule has 1 saturated heterocycles. The first-order valence-corrected chi connectivity index (χ1v) is 5.38. The highest BCUT2D eigenvalue weighted by molar-refractivity contribution is 5.38. The third-order valence-electron chi connectivity index (χ3n) is 2.86. The number of nitrogens with one attached hydrogen (secondary N) is 1. The highest BCUT2D eigenvalue weighted by Crippen LogP contribution is 2.33. The molecule has 1 aromatic rings. The maximum absolute atomic E-state index is 12.5. The number of ether oxygens (including phenoxy) is 1. The molecule has 0 saturated carbocycles. The number of hydrogen-bond acceptors (Lipinski definition) is 2. The summed E-state index contributed by atoms with van der Waals surface area (Å²) in [5, 5.41) is 3.07. The van der Waals surface area contributed by atoms with Crippen molar-refractivity contribution in [1.29, 1.82) is 0 Å². The number of halogens is 3. The van der Waals surface area contributed by atoms with Gasteiger partial charge in [0, 0.05) is 13.1 Å². The van der Waals surface area contributed by atoms with Gasteiger partial charge in [0.15, 0.2) is 0 Å². The lowest BCUT2D eigenvalue weighted by Gasteiger charge is -2.39. The fourth-order valence-corrected chi connectivity index (χ4v) is 1.75. The number of hydrogen-bond donors (Lipinski definition) is 1. The number of aryl methyl sites for hydroxylation is 1. The summed E-state index contributed by atoms with van der Waals surface area (Å²) in [6.07, 6.45) is -4.30. The summed E-state index contributed by atoms with van der Waals surface area (Å²) < 4.78 is 43.1. The zero-order valence-electron chi connectivity index (χ0n) is 9.69. The van der Waals surface area contributed by atoms with Gasteiger partial charge in [-0.05, 0) is 37.6 Å². The first-order valence-electron chi connectivity index (χ1n) is 5.38. The van der Waals surface area contributed by atoms with E-state index < -0.39 is 11.7 Å². The topological polar surface area (TPSA) is 21.3 Å². The monoisotopic (exact) mass is 245 g/mol. The van der Waals surface area contributed by atoms with Crippen LogP contribution < -0.4 is 10.1 Å². The van der Waals surface area contributed by atoms with Gasteiger partial charge in [0.2, 0.25) is 0 Å². The molecule has 2 nitrogen and oxygen atoms in total. The zero-order chi connectivity index (χ0) is 12.7. The van der Waals surface area contributed by atoms with Crippen LogP contribution in [-0.4, -0.2) is 18.7 Å². The Kier molecular flexibility index (Phi) is 2.81. The smallest absolute Gasteiger partial charge is 0.416 e. The average molecular weight is 245 g/mol. The molecule has 1 N–H and O–H groups in total. The highest BCUT2D eigenvalue weighted by Gasteiger charge is 2.35. The first kappa shape index (κ1) is 12.2. The van der Waals surface area contributed by atoms with Crippen molar-refractivity contribution >= 4 is 0 Å². The molecule has 1 fully saturated rings. The summed E-state index contributed by atoms with van der Waals surface area (Å²) in [7, 11) is 0. The summed E-state index contributed by atoms with van der Waals surface area (Å²) in [5.41, 5.74) is -0.433. The van der Waals surface area contributed by atoms with Crippen LogP contribution in [0.3, 0.4) is 0 Å². The Morgan fingerprint density at radius 2 is 1.94 bits per heavy atom. The Morgan fingerprint density at radius 3 is 2.35 bits per heavy atom. The second-order valence-electron chi connectivity index (χ2n) is 4.63. The standard InChI is InChI=1S/C12H14F3NO/c1-8-5-9(12(13,14)15)3-4-10(8)17-11(2)6-16-7-11/h3-5,16H,6-7H2,1-2H3. The van der Waals surface area contributed by atoms with Crippen molar-refractivity contribution in [3.8, 4) is 5.75 Å². The van der Waals surface area contributed by atoms with E-state index in [9.17, 15) is 13.2 Å². The molecule has 17 heavy (non-hydrogen) atoms. The molecular weight excluding hydrogens is 231 g/mol. The van der Waals surface area contributed by atoms with E-state index in [1.807, 2.05) is 6.92 Å². The van der Waals surface area contributed by atoms with E-state index >= 15 is 0 Å². The van der Waals surface area contributed by atoms with Gasteiger partial charge in [-0.2, -0.15) is 13.2 Å². The minimum atomic E-state index is -4.30. The Labute approximate surface area is 97.8 Å². The number of alkyl halides is 3. The molecule has 0 unspecified atom stereocenters. The first-order chi connectivity index (χ1) is 7.80. The SMILES string of the molecule is Cc1cc(C(F)(F)F)ccc1OC1(C)CNC1. The Bertz CT molecular complexity index is 424. The molecule has 1 heterocycles. The lowest BCUT2D eigenvalue weighted by atomic mass is 9.99. The van der Waals surface area contributed by atoms with Crippen LogP contribution in [0.4, 0.5) is 13.2 Å². The van der Waals surface area contributed by atoms with E-state index in [1.54, 1.807) is 6.92 Å². The van der Waals surface area contributed by atoms with Crippen LogP contribution in [-0.2, 0) is 6.18 Å². The van der Waals surface area contributed by atoms with Crippen LogP contribution >= 0.6 is 0 Å². The van der Waals surface area contributed by atoms with Gasteiger partial charge in [0.1, 0.15) is 11.4 Å². The summed E-state index contributed by atoms with van der Waals surface area (Å²) in [5.74, 6) is 0.516. The van der Waals surface area contributed by atoms with Crippen LogP contribution in [0, 0.1) is 6.92 Å². The molecule has 1 aliphatic heterocycles. The van der Waals surface area contributed by atoms with E-state index in [2.05, 4.69) is 5.32 Å². The highest BCUT2D eigenvalue weighted by atomic mass is 19.4. The predicted molar refractivity (Wildman–Crippen MR) is 58.1 cm³/mol. The predicted octanol–water partition coefficient (Wildman–Crippen LogP) is 2.75. The van der Waals surface area contributed by atoms with Crippen molar-refractivity contribution in [2.75, 3.05) is 13.1 Å². The minimum absolute atomic E-state index is 0.301. The van der Waals surface area contributed by atoms with Crippen molar-refractivity contribution in [1.82, 2.24) is 5.32 Å². The van der Waals surface area contributed by atoms with Crippen molar-refractivity contribution in [2.45, 2.75) is 25.6 Å². The molecule has 94 valence electrons. The molecular formula is C12H14F3NO. The number of rotatable bonds is 2. The molecule has 5 heteroatoms. The maximum atomic E-state index is 12.5. The van der Waals surface area contributed by atoms with Gasteiger partial charge in [0.05, 0.1) is 5.56 Å². The molecule has 0 radical (unpaired) electrons. The van der Waals surface area contributed by atoms with Gasteiger partial charge >= 0.3 is 6.18 Å². The molecule has 1 aliphatic rings. The van der Waals surface area contributed by atoms with Gasteiger partial charge in [0.25, 0.3) is 0 Å². The van der Waals surface area contributed by atoms with Gasteiger partial charge in [-0.3, -0.25) is 0 Å². The third kappa shape index (κ3) is 2.54. The normalized spacial score (nSPS) is 18.6. The van der Waals surface area contributed by atoms with Crippen molar-refractivity contribution < 1.29 is 17.9 Å². The zero-order valence-corrected chi connectivity index (χ0v) is 9.69. The fourth-order valence-electron chi connectivity index (χ4n) is 1.75. The molecule has 0 aromatic heterocycles. The molecule has 2 rings (SSSR count). The third-order valence-corrected chi connectivity index (χ3v) is 2.86. The van der Waals surface area contributed by atoms with E-state index in [0.717, 1.165) is 12.1 Å². The molecule has 0 amide bonds. The quantitative estimate of drug-likeness (QED) is 0.865. The molecule has 0 spiro atoms. The lowest BCUT2D eigenvalue weighted by molar-refractivity contribution is -0.137. The van der Waals surface area contributed by atoms with Crippen LogP contribution in [0.1, 0.15) is 18.1 Å². The van der Waals surface area contributed by atoms with Gasteiger partial charge in [-0.1, -0.05) is 0 Å². The second kappa shape index (κ2) is 3.91. The summed E-state index contributed by atoms with van der Waals surface area (Å²) in [4.78, 5) is 0. The number of benzene rings is 1. The Hall–Kier alpha value is -1.23. The van der Waals surface area contributed by atoms with Gasteiger partial charge in [-0.15, -0.1) is 0 Å². The molecule has 0 bridgehead atoms. The molecule has 0 aliphatic carbocycles. The maximum Gasteiger partial charge on any atom is 0.416 e. The fraction of sp³-hybridized carbons (Fsp3) is 0.500. The van der Waals surface area contributed by atoms with Gasteiger partial charge in [-0.25, -0.2) is 0 Å². The summed E-state index contributed by atoms with van der Waals surface area (Å²) >= 11 is 0. The second-order valence-corrected chi connectivity index (χ2v) is 4.63. The van der Waals surface area contributed by atoms with Crippen LogP contribution in [0.25, 0.3) is 0 Å². The Morgan fingerprint density at radius 1 is 1.29 bits per heavy atom. The molecule has 1 aromatic carbocycles. The summed E-state index contributed by atoms with van der Waals surface area (Å²) in [6, 6.07) is 3.56. The largest absolute Gasteiger partial charge is 0.485 e. The van der Waals surface area contributed by atoms with E-state index in [-0.39, 0.29) is 5.60 Å².